The van der Waals surface area contributed by atoms with Crippen LogP contribution in [0.3, 0.4) is 0 Å². The van der Waals surface area contributed by atoms with E-state index in [2.05, 4.69) is 0 Å². The number of nitrogens with one attached hydrogen (secondary N) is 1. The normalized spacial score (nSPS) is 11.1. The van der Waals surface area contributed by atoms with E-state index in [1.54, 1.807) is 13.8 Å². The molecule has 1 aromatic heterocycles. The first-order chi connectivity index (χ1) is 9.90. The maximum Gasteiger partial charge on any atom is 0.355 e. The molecule has 21 heavy (non-hydrogen) atoms. The van der Waals surface area contributed by atoms with Gasteiger partial charge in [-0.1, -0.05) is 0 Å². The number of nitrogens with zero attached hydrogens (tertiary/aromatic N) is 1. The number of hydrogen-bond acceptors (Lipinski definition) is 6. The molecule has 0 aromatic carbocycles. The Morgan fingerprint density at radius 3 is 2.43 bits per heavy atom. The number of carbonyl (C=O) groups excluding carboxylic acids is 2. The highest BCUT2D eigenvalue weighted by Gasteiger charge is 2.18. The molecule has 1 rings (SSSR count). The number of hydrogen-bond donors (Lipinski definition) is 1. The van der Waals surface area contributed by atoms with Crippen molar-refractivity contribution in [2.45, 2.75) is 20.8 Å². The molecule has 1 heterocycles. The number of ether oxygens (including phenoxy) is 2. The molecule has 0 aliphatic rings. The van der Waals surface area contributed by atoms with Crippen LogP contribution in [0.5, 0.6) is 0 Å². The first-order valence-corrected chi connectivity index (χ1v) is 6.29. The van der Waals surface area contributed by atoms with Crippen LogP contribution in [0.1, 0.15) is 19.4 Å². The Bertz CT molecular complexity index is 683. The minimum atomic E-state index is -0.876. The maximum absolute atomic E-state index is 11.9. The number of aryl methyl sites for hydroxylation is 1. The Hall–Kier alpha value is -2.64. The predicted molar refractivity (Wildman–Crippen MR) is 73.6 cm³/mol. The van der Waals surface area contributed by atoms with E-state index in [-0.39, 0.29) is 24.5 Å². The van der Waals surface area contributed by atoms with Gasteiger partial charge >= 0.3 is 17.6 Å². The molecule has 8 nitrogen and oxygen atoms in total. The predicted octanol–water partition coefficient (Wildman–Crippen LogP) is -0.188. The van der Waals surface area contributed by atoms with Crippen molar-refractivity contribution in [1.82, 2.24) is 9.55 Å². The quantitative estimate of drug-likeness (QED) is 0.596. The monoisotopic (exact) mass is 296 g/mol. The summed E-state index contributed by atoms with van der Waals surface area (Å²) in [6.07, 6.45) is 2.00. The van der Waals surface area contributed by atoms with Crippen LogP contribution < -0.4 is 11.2 Å². The van der Waals surface area contributed by atoms with E-state index in [9.17, 15) is 19.2 Å². The Balaban J connectivity index is 3.41. The number of carbonyl (C=O) groups is 2. The van der Waals surface area contributed by atoms with Crippen molar-refractivity contribution < 1.29 is 19.1 Å². The lowest BCUT2D eigenvalue weighted by Crippen LogP contribution is -2.33. The van der Waals surface area contributed by atoms with E-state index in [4.69, 9.17) is 9.47 Å². The van der Waals surface area contributed by atoms with Gasteiger partial charge in [0.2, 0.25) is 0 Å². The lowest BCUT2D eigenvalue weighted by atomic mass is 10.3. The van der Waals surface area contributed by atoms with Gasteiger partial charge in [-0.3, -0.25) is 14.3 Å². The molecule has 0 aliphatic heterocycles. The molecular formula is C13H16N2O6. The number of aromatic amines is 1. The molecule has 0 amide bonds. The van der Waals surface area contributed by atoms with E-state index in [1.807, 2.05) is 4.98 Å². The molecule has 0 bridgehead atoms. The zero-order chi connectivity index (χ0) is 16.0. The molecule has 0 radical (unpaired) electrons. The molecule has 114 valence electrons. The van der Waals surface area contributed by atoms with Gasteiger partial charge in [-0.25, -0.2) is 14.4 Å². The summed E-state index contributed by atoms with van der Waals surface area (Å²) in [6, 6.07) is 0. The Kier molecular flexibility index (Phi) is 5.65. The van der Waals surface area contributed by atoms with E-state index in [0.29, 0.717) is 0 Å². The number of aromatic nitrogens is 2. The third-order valence-electron chi connectivity index (χ3n) is 2.41. The highest BCUT2D eigenvalue weighted by atomic mass is 16.5. The largest absolute Gasteiger partial charge is 0.463 e. The highest BCUT2D eigenvalue weighted by molar-refractivity contribution is 6.14. The Morgan fingerprint density at radius 1 is 1.24 bits per heavy atom. The molecule has 0 saturated carbocycles. The van der Waals surface area contributed by atoms with Gasteiger partial charge in [0.25, 0.3) is 5.56 Å². The van der Waals surface area contributed by atoms with Crippen LogP contribution in [0.25, 0.3) is 5.70 Å². The summed E-state index contributed by atoms with van der Waals surface area (Å²) in [5, 5.41) is 0. The maximum atomic E-state index is 11.9. The molecule has 0 spiro atoms. The number of H-pyrrole nitrogens is 1. The average molecular weight is 296 g/mol. The minimum absolute atomic E-state index is 0.0656. The summed E-state index contributed by atoms with van der Waals surface area (Å²) in [4.78, 5) is 48.6. The Labute approximate surface area is 120 Å². The van der Waals surface area contributed by atoms with Gasteiger partial charge in [-0.15, -0.1) is 0 Å². The molecule has 0 unspecified atom stereocenters. The highest BCUT2D eigenvalue weighted by Crippen LogP contribution is 2.05. The van der Waals surface area contributed by atoms with Gasteiger partial charge in [0.05, 0.1) is 19.3 Å². The zero-order valence-electron chi connectivity index (χ0n) is 12.0. The summed E-state index contributed by atoms with van der Waals surface area (Å²) in [7, 11) is 0. The fraction of sp³-hybridized carbons (Fsp3) is 0.385. The minimum Gasteiger partial charge on any atom is -0.463 e. The van der Waals surface area contributed by atoms with Crippen LogP contribution in [0.2, 0.25) is 0 Å². The van der Waals surface area contributed by atoms with Gasteiger partial charge in [0.15, 0.2) is 0 Å². The van der Waals surface area contributed by atoms with Crippen molar-refractivity contribution in [1.29, 1.82) is 0 Å². The van der Waals surface area contributed by atoms with E-state index >= 15 is 0 Å². The molecule has 0 atom stereocenters. The van der Waals surface area contributed by atoms with Gasteiger partial charge < -0.3 is 9.47 Å². The van der Waals surface area contributed by atoms with E-state index in [1.165, 1.54) is 6.92 Å². The molecule has 0 saturated heterocycles. The van der Waals surface area contributed by atoms with Crippen LogP contribution in [0.15, 0.2) is 21.9 Å². The fourth-order valence-electron chi connectivity index (χ4n) is 1.47. The molecule has 0 aliphatic carbocycles. The van der Waals surface area contributed by atoms with Crippen molar-refractivity contribution in [2.75, 3.05) is 13.2 Å². The molecular weight excluding hydrogens is 280 g/mol. The van der Waals surface area contributed by atoms with Crippen molar-refractivity contribution in [3.05, 3.63) is 38.7 Å². The summed E-state index contributed by atoms with van der Waals surface area (Å²) in [5.74, 6) is -1.67. The second-order valence-corrected chi connectivity index (χ2v) is 3.94. The van der Waals surface area contributed by atoms with E-state index in [0.717, 1.165) is 16.8 Å². The number of esters is 2. The van der Waals surface area contributed by atoms with Gasteiger partial charge in [-0.05, 0) is 20.8 Å². The third-order valence-corrected chi connectivity index (χ3v) is 2.41. The van der Waals surface area contributed by atoms with Crippen molar-refractivity contribution in [2.24, 2.45) is 0 Å². The van der Waals surface area contributed by atoms with Crippen LogP contribution in [-0.2, 0) is 19.1 Å². The smallest absolute Gasteiger partial charge is 0.355 e. The van der Waals surface area contributed by atoms with E-state index < -0.39 is 23.2 Å². The fourth-order valence-corrected chi connectivity index (χ4v) is 1.47. The lowest BCUT2D eigenvalue weighted by molar-refractivity contribution is -0.139. The molecule has 8 heteroatoms. The molecule has 1 N–H and O–H groups in total. The van der Waals surface area contributed by atoms with Gasteiger partial charge in [0, 0.05) is 11.8 Å². The zero-order valence-corrected chi connectivity index (χ0v) is 12.0. The SMILES string of the molecule is CCOC(=O)C=C(C(=O)OCC)n1cc(C)c(=O)[nH]c1=O. The summed E-state index contributed by atoms with van der Waals surface area (Å²) >= 11 is 0. The molecule has 1 aromatic rings. The summed E-state index contributed by atoms with van der Waals surface area (Å²) < 4.78 is 10.3. The van der Waals surface area contributed by atoms with Crippen LogP contribution in [0.4, 0.5) is 0 Å². The van der Waals surface area contributed by atoms with Crippen LogP contribution >= 0.6 is 0 Å². The second-order valence-electron chi connectivity index (χ2n) is 3.94. The first-order valence-electron chi connectivity index (χ1n) is 6.29. The Morgan fingerprint density at radius 2 is 1.86 bits per heavy atom. The first kappa shape index (κ1) is 16.4. The standard InChI is InChI=1S/C13H16N2O6/c1-4-20-10(16)6-9(12(18)21-5-2)15-7-8(3)11(17)14-13(15)19/h6-7H,4-5H2,1-3H3,(H,14,17,19). The summed E-state index contributed by atoms with van der Waals surface area (Å²) in [5.41, 5.74) is -1.56. The van der Waals surface area contributed by atoms with Crippen molar-refractivity contribution >= 4 is 17.6 Å². The second kappa shape index (κ2) is 7.22. The average Bonchev–Trinajstić information content (AvgIpc) is 2.41. The van der Waals surface area contributed by atoms with Crippen molar-refractivity contribution in [3.63, 3.8) is 0 Å². The molecule has 0 fully saturated rings. The third kappa shape index (κ3) is 4.16. The van der Waals surface area contributed by atoms with Crippen LogP contribution in [0, 0.1) is 6.92 Å². The lowest BCUT2D eigenvalue weighted by Gasteiger charge is -2.09. The van der Waals surface area contributed by atoms with Gasteiger partial charge in [-0.2, -0.15) is 0 Å². The van der Waals surface area contributed by atoms with Crippen LogP contribution in [-0.4, -0.2) is 34.7 Å². The van der Waals surface area contributed by atoms with Crippen molar-refractivity contribution in [3.8, 4) is 0 Å². The topological polar surface area (TPSA) is 107 Å². The summed E-state index contributed by atoms with van der Waals surface area (Å²) in [6.45, 7) is 4.83. The number of rotatable bonds is 5. The van der Waals surface area contributed by atoms with Gasteiger partial charge in [0.1, 0.15) is 5.70 Å².